The van der Waals surface area contributed by atoms with Crippen LogP contribution in [-0.4, -0.2) is 34.2 Å². The molecule has 0 amide bonds. The van der Waals surface area contributed by atoms with Crippen LogP contribution in [0.15, 0.2) is 22.7 Å². The third-order valence-electron chi connectivity index (χ3n) is 8.29. The van der Waals surface area contributed by atoms with Crippen molar-refractivity contribution in [1.82, 2.24) is 0 Å². The fourth-order valence-electron chi connectivity index (χ4n) is 4.54. The molecule has 3 nitrogen and oxygen atoms in total. The van der Waals surface area contributed by atoms with Crippen molar-refractivity contribution in [2.75, 3.05) is 19.8 Å². The normalized spacial score (nSPS) is 13.2. The Hall–Kier alpha value is -0.273. The first-order chi connectivity index (χ1) is 19.0. The molecule has 234 valence electrons. The van der Waals surface area contributed by atoms with Crippen molar-refractivity contribution in [2.24, 2.45) is 0 Å². The van der Waals surface area contributed by atoms with Crippen LogP contribution in [0.2, 0.25) is 18.1 Å². The average molecular weight is 646 g/mol. The Morgan fingerprint density at radius 1 is 0.750 bits per heavy atom. The maximum absolute atomic E-state index is 13.8. The van der Waals surface area contributed by atoms with Gasteiger partial charge in [0.1, 0.15) is 11.9 Å². The summed E-state index contributed by atoms with van der Waals surface area (Å²) in [4.78, 5) is 0. The lowest BCUT2D eigenvalue weighted by molar-refractivity contribution is -0.0477. The maximum Gasteiger partial charge on any atom is 0.192 e. The lowest BCUT2D eigenvalue weighted by Crippen LogP contribution is -2.43. The number of halogens is 2. The van der Waals surface area contributed by atoms with Crippen LogP contribution >= 0.6 is 15.9 Å². The second-order valence-electron chi connectivity index (χ2n) is 13.2. The molecule has 0 saturated carbocycles. The number of hydrogen-bond acceptors (Lipinski definition) is 3. The molecule has 1 rings (SSSR count). The molecule has 0 aromatic heterocycles. The third kappa shape index (κ3) is 19.0. The van der Waals surface area contributed by atoms with E-state index in [0.717, 1.165) is 23.1 Å². The molecule has 1 atom stereocenters. The van der Waals surface area contributed by atoms with Crippen molar-refractivity contribution < 1.29 is 18.3 Å². The summed E-state index contributed by atoms with van der Waals surface area (Å²) in [6.45, 7) is 15.6. The van der Waals surface area contributed by atoms with Gasteiger partial charge in [-0.15, -0.1) is 0 Å². The van der Waals surface area contributed by atoms with Gasteiger partial charge in [-0.2, -0.15) is 0 Å². The summed E-state index contributed by atoms with van der Waals surface area (Å²) in [6.07, 6.45) is 21.7. The second kappa shape index (κ2) is 22.3. The van der Waals surface area contributed by atoms with E-state index >= 15 is 0 Å². The maximum atomic E-state index is 13.8. The molecule has 0 bridgehead atoms. The van der Waals surface area contributed by atoms with Crippen molar-refractivity contribution in [2.45, 2.75) is 161 Å². The van der Waals surface area contributed by atoms with Crippen molar-refractivity contribution in [3.8, 4) is 0 Å². The molecule has 0 aliphatic heterocycles. The minimum atomic E-state index is -1.89. The van der Waals surface area contributed by atoms with Crippen LogP contribution in [-0.2, 0) is 20.5 Å². The average Bonchev–Trinajstić information content (AvgIpc) is 2.87. The Balaban J connectivity index is 2.18. The van der Waals surface area contributed by atoms with Crippen LogP contribution < -0.4 is 0 Å². The summed E-state index contributed by atoms with van der Waals surface area (Å²) in [5.74, 6) is -0.262. The van der Waals surface area contributed by atoms with E-state index in [4.69, 9.17) is 13.9 Å². The molecule has 0 spiro atoms. The summed E-state index contributed by atoms with van der Waals surface area (Å²) < 4.78 is 33.1. The fourth-order valence-corrected chi connectivity index (χ4v) is 6.09. The topological polar surface area (TPSA) is 27.7 Å². The van der Waals surface area contributed by atoms with Crippen molar-refractivity contribution in [3.63, 3.8) is 0 Å². The highest BCUT2D eigenvalue weighted by Crippen LogP contribution is 2.36. The first kappa shape index (κ1) is 37.8. The Kier molecular flexibility index (Phi) is 21.0. The largest absolute Gasteiger partial charge is 0.414 e. The molecule has 0 heterocycles. The van der Waals surface area contributed by atoms with E-state index in [9.17, 15) is 4.39 Å². The Morgan fingerprint density at radius 3 is 1.73 bits per heavy atom. The zero-order valence-electron chi connectivity index (χ0n) is 26.9. The molecule has 0 aliphatic rings. The van der Waals surface area contributed by atoms with Gasteiger partial charge >= 0.3 is 0 Å². The molecule has 6 heteroatoms. The van der Waals surface area contributed by atoms with Crippen LogP contribution in [0.25, 0.3) is 0 Å². The molecule has 40 heavy (non-hydrogen) atoms. The number of rotatable bonds is 25. The molecule has 0 fully saturated rings. The van der Waals surface area contributed by atoms with E-state index in [-0.39, 0.29) is 17.0 Å². The molecule has 0 saturated heterocycles. The fraction of sp³-hybridized carbons (Fsp3) is 0.824. The molecular formula is C34H62BrFO3Si. The monoisotopic (exact) mass is 644 g/mol. The summed E-state index contributed by atoms with van der Waals surface area (Å²) in [5, 5.41) is 0.138. The van der Waals surface area contributed by atoms with Crippen molar-refractivity contribution >= 4 is 24.2 Å². The first-order valence-corrected chi connectivity index (χ1v) is 20.0. The van der Waals surface area contributed by atoms with Gasteiger partial charge in [-0.1, -0.05) is 140 Å². The summed E-state index contributed by atoms with van der Waals surface area (Å²) in [5.41, 5.74) is 0.807. The minimum absolute atomic E-state index is 0.138. The van der Waals surface area contributed by atoms with E-state index in [2.05, 4.69) is 56.7 Å². The van der Waals surface area contributed by atoms with Gasteiger partial charge < -0.3 is 13.9 Å². The molecule has 1 aromatic rings. The Morgan fingerprint density at radius 2 is 1.25 bits per heavy atom. The highest BCUT2D eigenvalue weighted by Gasteiger charge is 2.37. The molecule has 0 radical (unpaired) electrons. The van der Waals surface area contributed by atoms with Crippen LogP contribution in [0.5, 0.6) is 0 Å². The number of hydrogen-bond donors (Lipinski definition) is 0. The van der Waals surface area contributed by atoms with E-state index in [1.54, 1.807) is 0 Å². The number of ether oxygens (including phenoxy) is 2. The van der Waals surface area contributed by atoms with Crippen molar-refractivity contribution in [1.29, 1.82) is 0 Å². The summed E-state index contributed by atoms with van der Waals surface area (Å²) in [7, 11) is -1.89. The molecule has 0 unspecified atom stereocenters. The lowest BCUT2D eigenvalue weighted by Gasteiger charge is -2.37. The highest BCUT2D eigenvalue weighted by atomic mass is 79.9. The van der Waals surface area contributed by atoms with Gasteiger partial charge in [0.15, 0.2) is 8.32 Å². The third-order valence-corrected chi connectivity index (χ3v) is 13.2. The van der Waals surface area contributed by atoms with Crippen LogP contribution in [0, 0.1) is 5.82 Å². The molecule has 0 N–H and O–H groups in total. The second-order valence-corrected chi connectivity index (χ2v) is 18.9. The van der Waals surface area contributed by atoms with Gasteiger partial charge in [0, 0.05) is 11.1 Å². The van der Waals surface area contributed by atoms with E-state index in [1.807, 2.05) is 6.07 Å². The van der Waals surface area contributed by atoms with Gasteiger partial charge in [0.2, 0.25) is 0 Å². The standard InChI is InChI=1S/C34H62BrFO3Si/c1-7-8-9-10-11-12-13-14-15-16-17-18-19-20-21-22-23-37-28-33(29-39-40(5,6)34(2,3)4)38-27-30-24-31(35)26-32(36)25-30/h24-26,33H,7-23,27-29H2,1-6H3/t33-/m1/s1. The minimum Gasteiger partial charge on any atom is -0.414 e. The summed E-state index contributed by atoms with van der Waals surface area (Å²) >= 11 is 3.37. The lowest BCUT2D eigenvalue weighted by atomic mass is 10.0. The van der Waals surface area contributed by atoms with Gasteiger partial charge in [0.05, 0.1) is 19.8 Å². The van der Waals surface area contributed by atoms with Gasteiger partial charge in [-0.25, -0.2) is 4.39 Å². The van der Waals surface area contributed by atoms with Gasteiger partial charge in [0.25, 0.3) is 0 Å². The SMILES string of the molecule is CCCCCCCCCCCCCCCCCCOC[C@H](CO[Si](C)(C)C(C)(C)C)OCc1cc(F)cc(Br)c1. The number of unbranched alkanes of at least 4 members (excludes halogenated alkanes) is 15. The predicted octanol–water partition coefficient (Wildman–Crippen LogP) is 11.8. The van der Waals surface area contributed by atoms with Crippen molar-refractivity contribution in [3.05, 3.63) is 34.1 Å². The smallest absolute Gasteiger partial charge is 0.192 e. The quantitative estimate of drug-likeness (QED) is 0.0782. The van der Waals surface area contributed by atoms with E-state index in [0.29, 0.717) is 19.8 Å². The van der Waals surface area contributed by atoms with Gasteiger partial charge in [-0.05, 0) is 48.3 Å². The molecule has 0 aliphatic carbocycles. The first-order valence-electron chi connectivity index (χ1n) is 16.3. The molecular weight excluding hydrogens is 583 g/mol. The highest BCUT2D eigenvalue weighted by molar-refractivity contribution is 9.10. The zero-order valence-corrected chi connectivity index (χ0v) is 29.5. The Bertz CT molecular complexity index is 733. The number of benzene rings is 1. The predicted molar refractivity (Wildman–Crippen MR) is 176 cm³/mol. The van der Waals surface area contributed by atoms with Crippen LogP contribution in [0.3, 0.4) is 0 Å². The molecule has 1 aromatic carbocycles. The van der Waals surface area contributed by atoms with Gasteiger partial charge in [-0.3, -0.25) is 0 Å². The van der Waals surface area contributed by atoms with Crippen LogP contribution in [0.4, 0.5) is 4.39 Å². The van der Waals surface area contributed by atoms with E-state index < -0.39 is 8.32 Å². The Labute approximate surface area is 257 Å². The summed E-state index contributed by atoms with van der Waals surface area (Å²) in [6, 6.07) is 4.88. The van der Waals surface area contributed by atoms with E-state index in [1.165, 1.54) is 108 Å². The van der Waals surface area contributed by atoms with Crippen LogP contribution in [0.1, 0.15) is 136 Å². The zero-order chi connectivity index (χ0) is 29.7.